The number of amides is 1. The van der Waals surface area contributed by atoms with Gasteiger partial charge in [-0.3, -0.25) is 0 Å². The maximum absolute atomic E-state index is 12.6. The molecule has 0 aliphatic rings. The summed E-state index contributed by atoms with van der Waals surface area (Å²) < 4.78 is 39.1. The topological polar surface area (TPSA) is 73.9 Å². The van der Waals surface area contributed by atoms with Gasteiger partial charge in [-0.25, -0.2) is 9.59 Å². The van der Waals surface area contributed by atoms with E-state index in [1.54, 1.807) is 12.1 Å². The van der Waals surface area contributed by atoms with Crippen LogP contribution in [0.2, 0.25) is 0 Å². The normalized spacial score (nSPS) is 13.2. The highest BCUT2D eigenvalue weighted by molar-refractivity contribution is 5.79. The molecule has 0 aliphatic carbocycles. The molecule has 0 aromatic heterocycles. The molecule has 0 fully saturated rings. The number of halogens is 2. The van der Waals surface area contributed by atoms with Crippen LogP contribution in [0.15, 0.2) is 30.3 Å². The van der Waals surface area contributed by atoms with Gasteiger partial charge in [0.1, 0.15) is 6.61 Å². The maximum Gasteiger partial charge on any atom is 0.407 e. The van der Waals surface area contributed by atoms with Crippen molar-refractivity contribution in [2.75, 3.05) is 13.7 Å². The molecule has 1 rings (SSSR count). The molecule has 1 unspecified atom stereocenters. The molecule has 0 saturated carbocycles. The zero-order valence-electron chi connectivity index (χ0n) is 13.6. The van der Waals surface area contributed by atoms with Gasteiger partial charge in [-0.05, 0) is 12.0 Å². The average Bonchev–Trinajstić information content (AvgIpc) is 2.58. The van der Waals surface area contributed by atoms with Gasteiger partial charge < -0.3 is 19.5 Å². The maximum atomic E-state index is 12.6. The van der Waals surface area contributed by atoms with Gasteiger partial charge in [0.15, 0.2) is 5.60 Å². The number of rotatable bonds is 9. The molecular formula is C16H21F2NO5. The highest BCUT2D eigenvalue weighted by Crippen LogP contribution is 2.25. The first-order valence-corrected chi connectivity index (χ1v) is 7.42. The summed E-state index contributed by atoms with van der Waals surface area (Å²) in [4.78, 5) is 23.4. The third-order valence-electron chi connectivity index (χ3n) is 3.45. The Bertz CT molecular complexity index is 526. The summed E-state index contributed by atoms with van der Waals surface area (Å²) in [5, 5.41) is 2.40. The molecule has 1 atom stereocenters. The van der Waals surface area contributed by atoms with Crippen molar-refractivity contribution in [1.82, 2.24) is 5.32 Å². The second kappa shape index (κ2) is 9.82. The van der Waals surface area contributed by atoms with Gasteiger partial charge in [-0.1, -0.05) is 37.3 Å². The van der Waals surface area contributed by atoms with E-state index in [1.807, 2.05) is 18.2 Å². The Kier molecular flexibility index (Phi) is 8.11. The van der Waals surface area contributed by atoms with Crippen LogP contribution in [-0.4, -0.2) is 37.9 Å². The quantitative estimate of drug-likeness (QED) is 0.697. The molecule has 0 heterocycles. The zero-order chi connectivity index (χ0) is 18.0. The molecule has 134 valence electrons. The fraction of sp³-hybridized carbons (Fsp3) is 0.500. The molecule has 6 nitrogen and oxygen atoms in total. The number of alkyl carbamates (subject to hydrolysis) is 1. The van der Waals surface area contributed by atoms with Crippen molar-refractivity contribution in [3.63, 3.8) is 0 Å². The predicted molar refractivity (Wildman–Crippen MR) is 81.4 cm³/mol. The number of alkyl halides is 2. The van der Waals surface area contributed by atoms with E-state index in [2.05, 4.69) is 14.8 Å². The van der Waals surface area contributed by atoms with Gasteiger partial charge in [0, 0.05) is 13.0 Å². The molecule has 0 aliphatic heterocycles. The van der Waals surface area contributed by atoms with Crippen molar-refractivity contribution in [3.8, 4) is 0 Å². The lowest BCUT2D eigenvalue weighted by Crippen LogP contribution is -2.46. The second-order valence-corrected chi connectivity index (χ2v) is 4.96. The minimum atomic E-state index is -3.13. The summed E-state index contributed by atoms with van der Waals surface area (Å²) in [6.07, 6.45) is -0.906. The third kappa shape index (κ3) is 6.11. The fourth-order valence-corrected chi connectivity index (χ4v) is 2.11. The largest absolute Gasteiger partial charge is 0.467 e. The van der Waals surface area contributed by atoms with Crippen LogP contribution >= 0.6 is 0 Å². The van der Waals surface area contributed by atoms with Gasteiger partial charge in [-0.15, -0.1) is 0 Å². The number of methoxy groups -OCH3 is 1. The highest BCUT2D eigenvalue weighted by Gasteiger charge is 2.41. The lowest BCUT2D eigenvalue weighted by molar-refractivity contribution is -0.225. The van der Waals surface area contributed by atoms with Crippen molar-refractivity contribution in [3.05, 3.63) is 35.9 Å². The van der Waals surface area contributed by atoms with Gasteiger partial charge >= 0.3 is 18.7 Å². The number of nitrogens with one attached hydrogen (secondary N) is 1. The first-order valence-electron chi connectivity index (χ1n) is 7.42. The monoisotopic (exact) mass is 345 g/mol. The van der Waals surface area contributed by atoms with Crippen LogP contribution < -0.4 is 5.32 Å². The lowest BCUT2D eigenvalue weighted by atomic mass is 9.96. The minimum absolute atomic E-state index is 0.0231. The summed E-state index contributed by atoms with van der Waals surface area (Å²) in [6.45, 7) is -1.61. The summed E-state index contributed by atoms with van der Waals surface area (Å²) in [6, 6.07) is 9.05. The molecule has 0 spiro atoms. The Balaban J connectivity index is 2.48. The van der Waals surface area contributed by atoms with E-state index in [0.29, 0.717) is 0 Å². The number of esters is 1. The molecular weight excluding hydrogens is 324 g/mol. The highest BCUT2D eigenvalue weighted by atomic mass is 19.3. The smallest absolute Gasteiger partial charge is 0.407 e. The molecule has 1 N–H and O–H groups in total. The molecule has 1 aromatic rings. The van der Waals surface area contributed by atoms with Crippen LogP contribution in [0.4, 0.5) is 13.6 Å². The molecule has 0 radical (unpaired) electrons. The van der Waals surface area contributed by atoms with Gasteiger partial charge in [0.05, 0.1) is 7.11 Å². The number of ether oxygens (including phenoxy) is 3. The lowest BCUT2D eigenvalue weighted by Gasteiger charge is -2.29. The molecule has 1 amide bonds. The van der Waals surface area contributed by atoms with Crippen molar-refractivity contribution >= 4 is 12.1 Å². The van der Waals surface area contributed by atoms with Crippen LogP contribution in [0.3, 0.4) is 0 Å². The third-order valence-corrected chi connectivity index (χ3v) is 3.45. The Morgan fingerprint density at radius 1 is 1.25 bits per heavy atom. The fourth-order valence-electron chi connectivity index (χ4n) is 2.11. The van der Waals surface area contributed by atoms with E-state index in [4.69, 9.17) is 4.74 Å². The number of hydrogen-bond donors (Lipinski definition) is 1. The van der Waals surface area contributed by atoms with Gasteiger partial charge in [-0.2, -0.15) is 8.78 Å². The number of carbonyl (C=O) groups is 2. The SMILES string of the molecule is CCC(CCNC(=O)OCc1ccccc1)(OC(F)F)C(=O)OC. The van der Waals surface area contributed by atoms with Crippen molar-refractivity contribution < 1.29 is 32.6 Å². The van der Waals surface area contributed by atoms with Crippen molar-refractivity contribution in [2.45, 2.75) is 38.6 Å². The molecule has 1 aromatic carbocycles. The first-order chi connectivity index (χ1) is 11.4. The van der Waals surface area contributed by atoms with Crippen molar-refractivity contribution in [2.24, 2.45) is 0 Å². The Morgan fingerprint density at radius 3 is 2.46 bits per heavy atom. The Hall–Kier alpha value is -2.22. The summed E-state index contributed by atoms with van der Waals surface area (Å²) in [5.74, 6) is -0.912. The van der Waals surface area contributed by atoms with Gasteiger partial charge in [0.25, 0.3) is 0 Å². The number of hydrogen-bond acceptors (Lipinski definition) is 5. The molecule has 24 heavy (non-hydrogen) atoms. The summed E-state index contributed by atoms with van der Waals surface area (Å²) >= 11 is 0. The second-order valence-electron chi connectivity index (χ2n) is 4.96. The first kappa shape index (κ1) is 19.8. The Labute approximate surface area is 139 Å². The van der Waals surface area contributed by atoms with E-state index in [-0.39, 0.29) is 26.0 Å². The summed E-state index contributed by atoms with van der Waals surface area (Å²) in [5.41, 5.74) is -0.999. The van der Waals surface area contributed by atoms with Crippen LogP contribution in [-0.2, 0) is 25.6 Å². The average molecular weight is 345 g/mol. The van der Waals surface area contributed by atoms with Crippen LogP contribution in [0.25, 0.3) is 0 Å². The molecule has 0 saturated heterocycles. The van der Waals surface area contributed by atoms with Crippen molar-refractivity contribution in [1.29, 1.82) is 0 Å². The van der Waals surface area contributed by atoms with E-state index < -0.39 is 24.3 Å². The van der Waals surface area contributed by atoms with E-state index in [9.17, 15) is 18.4 Å². The van der Waals surface area contributed by atoms with E-state index in [1.165, 1.54) is 6.92 Å². The Morgan fingerprint density at radius 2 is 1.92 bits per heavy atom. The van der Waals surface area contributed by atoms with Crippen LogP contribution in [0.5, 0.6) is 0 Å². The van der Waals surface area contributed by atoms with Crippen LogP contribution in [0, 0.1) is 0 Å². The number of carbonyl (C=O) groups excluding carboxylic acids is 2. The predicted octanol–water partition coefficient (Wildman–Crippen LogP) is 2.86. The van der Waals surface area contributed by atoms with Gasteiger partial charge in [0.2, 0.25) is 0 Å². The summed E-state index contributed by atoms with van der Waals surface area (Å²) in [7, 11) is 1.09. The number of benzene rings is 1. The van der Waals surface area contributed by atoms with E-state index in [0.717, 1.165) is 12.7 Å². The minimum Gasteiger partial charge on any atom is -0.467 e. The van der Waals surface area contributed by atoms with E-state index >= 15 is 0 Å². The van der Waals surface area contributed by atoms with Crippen LogP contribution in [0.1, 0.15) is 25.3 Å². The molecule has 8 heteroatoms. The standard InChI is InChI=1S/C16H21F2NO5/c1-3-16(13(20)22-2,24-14(17)18)9-10-19-15(21)23-11-12-7-5-4-6-8-12/h4-8,14H,3,9-11H2,1-2H3,(H,19,21). The molecule has 0 bridgehead atoms. The zero-order valence-corrected chi connectivity index (χ0v) is 13.6.